The lowest BCUT2D eigenvalue weighted by atomic mass is 10.1. The zero-order chi connectivity index (χ0) is 18.5. The average Bonchev–Trinajstić information content (AvgIpc) is 3.39. The smallest absolute Gasteiger partial charge is 0.338 e. The molecule has 6 nitrogen and oxygen atoms in total. The number of benzene rings is 1. The van der Waals surface area contributed by atoms with E-state index in [1.807, 2.05) is 52.7 Å². The van der Waals surface area contributed by atoms with Gasteiger partial charge in [-0.05, 0) is 35.9 Å². The third-order valence-electron chi connectivity index (χ3n) is 3.88. The van der Waals surface area contributed by atoms with Crippen LogP contribution in [0.4, 0.5) is 0 Å². The van der Waals surface area contributed by atoms with Gasteiger partial charge in [-0.25, -0.2) is 9.78 Å². The molecule has 27 heavy (non-hydrogen) atoms. The van der Waals surface area contributed by atoms with Crippen LogP contribution in [0.15, 0.2) is 72.5 Å². The fourth-order valence-corrected chi connectivity index (χ4v) is 3.31. The van der Waals surface area contributed by atoms with E-state index in [-0.39, 0.29) is 12.6 Å². The highest BCUT2D eigenvalue weighted by Gasteiger charge is 2.10. The standard InChI is InChI=1S/C20H16N4O2S/c25-20(16-7-5-15(6-8-16)12-24-11-3-10-22-24)26-13-17-14-27-19(23-17)18-4-1-2-9-21-18/h1-11,14H,12-13H2. The van der Waals surface area contributed by atoms with Crippen molar-refractivity contribution >= 4 is 17.3 Å². The number of ether oxygens (including phenoxy) is 1. The number of aromatic nitrogens is 4. The Morgan fingerprint density at radius 1 is 1.07 bits per heavy atom. The molecule has 0 saturated carbocycles. The lowest BCUT2D eigenvalue weighted by Gasteiger charge is -2.05. The molecule has 134 valence electrons. The summed E-state index contributed by atoms with van der Waals surface area (Å²) >= 11 is 1.48. The van der Waals surface area contributed by atoms with E-state index in [4.69, 9.17) is 4.74 Å². The molecule has 0 radical (unpaired) electrons. The predicted octanol–water partition coefficient (Wildman–Crippen LogP) is 3.81. The second kappa shape index (κ2) is 7.92. The van der Waals surface area contributed by atoms with Crippen molar-refractivity contribution in [1.29, 1.82) is 0 Å². The van der Waals surface area contributed by atoms with E-state index in [0.717, 1.165) is 16.3 Å². The van der Waals surface area contributed by atoms with Crippen LogP contribution in [-0.2, 0) is 17.9 Å². The summed E-state index contributed by atoms with van der Waals surface area (Å²) in [5, 5.41) is 6.86. The summed E-state index contributed by atoms with van der Waals surface area (Å²) in [4.78, 5) is 21.0. The summed E-state index contributed by atoms with van der Waals surface area (Å²) in [5.74, 6) is -0.368. The molecule has 1 aromatic carbocycles. The monoisotopic (exact) mass is 376 g/mol. The number of thiazole rings is 1. The van der Waals surface area contributed by atoms with Gasteiger partial charge in [-0.2, -0.15) is 5.10 Å². The molecule has 0 aliphatic carbocycles. The summed E-state index contributed by atoms with van der Waals surface area (Å²) in [7, 11) is 0. The highest BCUT2D eigenvalue weighted by atomic mass is 32.1. The molecule has 0 bridgehead atoms. The van der Waals surface area contributed by atoms with Crippen LogP contribution >= 0.6 is 11.3 Å². The number of hydrogen-bond acceptors (Lipinski definition) is 6. The molecule has 3 aromatic heterocycles. The van der Waals surface area contributed by atoms with E-state index in [1.54, 1.807) is 24.5 Å². The largest absolute Gasteiger partial charge is 0.456 e. The molecule has 0 atom stereocenters. The van der Waals surface area contributed by atoms with E-state index in [1.165, 1.54) is 11.3 Å². The van der Waals surface area contributed by atoms with Gasteiger partial charge in [-0.15, -0.1) is 11.3 Å². The first-order chi connectivity index (χ1) is 13.3. The molecule has 7 heteroatoms. The maximum absolute atomic E-state index is 12.2. The highest BCUT2D eigenvalue weighted by molar-refractivity contribution is 7.13. The van der Waals surface area contributed by atoms with Crippen LogP contribution in [0.2, 0.25) is 0 Å². The van der Waals surface area contributed by atoms with Crippen LogP contribution in [0.1, 0.15) is 21.6 Å². The fraction of sp³-hybridized carbons (Fsp3) is 0.100. The highest BCUT2D eigenvalue weighted by Crippen LogP contribution is 2.21. The maximum Gasteiger partial charge on any atom is 0.338 e. The Kier molecular flexibility index (Phi) is 5.02. The van der Waals surface area contributed by atoms with Crippen LogP contribution in [0.5, 0.6) is 0 Å². The van der Waals surface area contributed by atoms with E-state index in [2.05, 4.69) is 15.1 Å². The Bertz CT molecular complexity index is 1010. The SMILES string of the molecule is O=C(OCc1csc(-c2ccccn2)n1)c1ccc(Cn2cccn2)cc1. The van der Waals surface area contributed by atoms with E-state index < -0.39 is 0 Å². The van der Waals surface area contributed by atoms with Gasteiger partial charge in [0.2, 0.25) is 0 Å². The Labute approximate surface area is 160 Å². The van der Waals surface area contributed by atoms with Gasteiger partial charge in [-0.1, -0.05) is 18.2 Å². The summed E-state index contributed by atoms with van der Waals surface area (Å²) in [6.07, 6.45) is 5.37. The van der Waals surface area contributed by atoms with Crippen molar-refractivity contribution in [1.82, 2.24) is 19.7 Å². The predicted molar refractivity (Wildman–Crippen MR) is 102 cm³/mol. The average molecular weight is 376 g/mol. The fourth-order valence-electron chi connectivity index (χ4n) is 2.53. The minimum atomic E-state index is -0.368. The number of carbonyl (C=O) groups is 1. The minimum Gasteiger partial charge on any atom is -0.456 e. The Morgan fingerprint density at radius 3 is 2.70 bits per heavy atom. The van der Waals surface area contributed by atoms with Crippen LogP contribution < -0.4 is 0 Å². The van der Waals surface area contributed by atoms with E-state index in [9.17, 15) is 4.79 Å². The van der Waals surface area contributed by atoms with Gasteiger partial charge in [0.1, 0.15) is 11.6 Å². The molecule has 3 heterocycles. The number of nitrogens with zero attached hydrogens (tertiary/aromatic N) is 4. The normalized spacial score (nSPS) is 10.7. The summed E-state index contributed by atoms with van der Waals surface area (Å²) in [6.45, 7) is 0.800. The molecule has 0 spiro atoms. The van der Waals surface area contributed by atoms with Gasteiger partial charge in [0.05, 0.1) is 23.5 Å². The van der Waals surface area contributed by atoms with Gasteiger partial charge in [0.25, 0.3) is 0 Å². The Balaban J connectivity index is 1.35. The Hall–Kier alpha value is -3.32. The molecule has 4 rings (SSSR count). The Morgan fingerprint density at radius 2 is 1.96 bits per heavy atom. The van der Waals surface area contributed by atoms with Crippen LogP contribution in [0.25, 0.3) is 10.7 Å². The molecule has 0 aliphatic rings. The molecule has 0 aliphatic heterocycles. The van der Waals surface area contributed by atoms with Gasteiger partial charge in [0.15, 0.2) is 0 Å². The number of pyridine rings is 1. The second-order valence-electron chi connectivity index (χ2n) is 5.84. The zero-order valence-electron chi connectivity index (χ0n) is 14.4. The molecule has 0 unspecified atom stereocenters. The quantitative estimate of drug-likeness (QED) is 0.479. The van der Waals surface area contributed by atoms with Crippen molar-refractivity contribution in [2.45, 2.75) is 13.2 Å². The molecule has 4 aromatic rings. The second-order valence-corrected chi connectivity index (χ2v) is 6.69. The van der Waals surface area contributed by atoms with Gasteiger partial charge in [-0.3, -0.25) is 9.67 Å². The molecular weight excluding hydrogens is 360 g/mol. The number of carbonyl (C=O) groups excluding carboxylic acids is 1. The van der Waals surface area contributed by atoms with Crippen molar-refractivity contribution in [3.63, 3.8) is 0 Å². The molecular formula is C20H16N4O2S. The zero-order valence-corrected chi connectivity index (χ0v) is 15.2. The molecule has 0 fully saturated rings. The first-order valence-electron chi connectivity index (χ1n) is 8.37. The summed E-state index contributed by atoms with van der Waals surface area (Å²) < 4.78 is 7.20. The van der Waals surface area contributed by atoms with Gasteiger partial charge >= 0.3 is 5.97 Å². The third kappa shape index (κ3) is 4.27. The number of rotatable bonds is 6. The molecule has 0 amide bonds. The number of hydrogen-bond donors (Lipinski definition) is 0. The first-order valence-corrected chi connectivity index (χ1v) is 9.25. The third-order valence-corrected chi connectivity index (χ3v) is 4.79. The molecule has 0 saturated heterocycles. The van der Waals surface area contributed by atoms with Crippen molar-refractivity contribution < 1.29 is 9.53 Å². The van der Waals surface area contributed by atoms with Crippen molar-refractivity contribution in [2.24, 2.45) is 0 Å². The molecule has 0 N–H and O–H groups in total. The van der Waals surface area contributed by atoms with E-state index >= 15 is 0 Å². The first kappa shape index (κ1) is 17.1. The van der Waals surface area contributed by atoms with Crippen LogP contribution in [0, 0.1) is 0 Å². The van der Waals surface area contributed by atoms with Crippen LogP contribution in [-0.4, -0.2) is 25.7 Å². The van der Waals surface area contributed by atoms with Crippen molar-refractivity contribution in [3.05, 3.63) is 89.3 Å². The van der Waals surface area contributed by atoms with Crippen molar-refractivity contribution in [3.8, 4) is 10.7 Å². The minimum absolute atomic E-state index is 0.136. The maximum atomic E-state index is 12.2. The van der Waals surface area contributed by atoms with Crippen LogP contribution in [0.3, 0.4) is 0 Å². The van der Waals surface area contributed by atoms with Gasteiger partial charge in [0, 0.05) is 24.0 Å². The van der Waals surface area contributed by atoms with Crippen molar-refractivity contribution in [2.75, 3.05) is 0 Å². The number of esters is 1. The topological polar surface area (TPSA) is 69.9 Å². The lowest BCUT2D eigenvalue weighted by Crippen LogP contribution is -2.06. The van der Waals surface area contributed by atoms with E-state index in [0.29, 0.717) is 17.8 Å². The van der Waals surface area contributed by atoms with Gasteiger partial charge < -0.3 is 4.74 Å². The summed E-state index contributed by atoms with van der Waals surface area (Å²) in [5.41, 5.74) is 3.10. The lowest BCUT2D eigenvalue weighted by molar-refractivity contribution is 0.0468. The summed E-state index contributed by atoms with van der Waals surface area (Å²) in [6, 6.07) is 14.9.